The van der Waals surface area contributed by atoms with Crippen molar-refractivity contribution in [1.29, 1.82) is 0 Å². The third-order valence-electron chi connectivity index (χ3n) is 3.32. The topological polar surface area (TPSA) is 17.1 Å². The molecule has 0 heterocycles. The van der Waals surface area contributed by atoms with Crippen LogP contribution in [0.4, 0.5) is 0 Å². The summed E-state index contributed by atoms with van der Waals surface area (Å²) in [4.78, 5) is 11.5. The van der Waals surface area contributed by atoms with Crippen LogP contribution in [0.25, 0.3) is 0 Å². The molecule has 0 bridgehead atoms. The van der Waals surface area contributed by atoms with Crippen molar-refractivity contribution in [3.05, 3.63) is 0 Å². The van der Waals surface area contributed by atoms with E-state index < -0.39 is 0 Å². The molecule has 1 nitrogen and oxygen atoms in total. The van der Waals surface area contributed by atoms with E-state index in [1.54, 1.807) is 0 Å². The maximum Gasteiger partial charge on any atom is 0.136 e. The van der Waals surface area contributed by atoms with Crippen LogP contribution >= 0.6 is 0 Å². The van der Waals surface area contributed by atoms with E-state index in [4.69, 9.17) is 0 Å². The van der Waals surface area contributed by atoms with E-state index >= 15 is 0 Å². The standard InChI is InChI=1S/C10H16O/c11-10-7-2-1-4-8-5-3-6-9(8)10/h8-9H,1-7H2/t8-,9+/m0/s1. The van der Waals surface area contributed by atoms with E-state index in [9.17, 15) is 4.79 Å². The molecule has 2 aliphatic carbocycles. The predicted octanol–water partition coefficient (Wildman–Crippen LogP) is 2.55. The van der Waals surface area contributed by atoms with Crippen LogP contribution in [-0.4, -0.2) is 5.78 Å². The van der Waals surface area contributed by atoms with Crippen LogP contribution in [-0.2, 0) is 4.79 Å². The Morgan fingerprint density at radius 2 is 1.82 bits per heavy atom. The molecule has 0 amide bonds. The molecular weight excluding hydrogens is 136 g/mol. The summed E-state index contributed by atoms with van der Waals surface area (Å²) in [7, 11) is 0. The Kier molecular flexibility index (Phi) is 1.97. The van der Waals surface area contributed by atoms with Crippen LogP contribution in [0.3, 0.4) is 0 Å². The van der Waals surface area contributed by atoms with E-state index in [0.717, 1.165) is 18.8 Å². The third kappa shape index (κ3) is 1.33. The van der Waals surface area contributed by atoms with Gasteiger partial charge in [0, 0.05) is 12.3 Å². The molecule has 2 fully saturated rings. The summed E-state index contributed by atoms with van der Waals surface area (Å²) in [6.07, 6.45) is 8.50. The van der Waals surface area contributed by atoms with E-state index in [1.807, 2.05) is 0 Å². The maximum atomic E-state index is 11.5. The molecule has 0 N–H and O–H groups in total. The fraction of sp³-hybridized carbons (Fsp3) is 0.900. The highest BCUT2D eigenvalue weighted by atomic mass is 16.1. The van der Waals surface area contributed by atoms with Gasteiger partial charge in [-0.3, -0.25) is 4.79 Å². The number of fused-ring (bicyclic) bond motifs is 1. The molecule has 0 aromatic heterocycles. The fourth-order valence-electron chi connectivity index (χ4n) is 2.70. The number of carbonyl (C=O) groups excluding carboxylic acids is 1. The van der Waals surface area contributed by atoms with Crippen molar-refractivity contribution in [2.24, 2.45) is 11.8 Å². The number of rotatable bonds is 0. The van der Waals surface area contributed by atoms with Gasteiger partial charge >= 0.3 is 0 Å². The average molecular weight is 152 g/mol. The smallest absolute Gasteiger partial charge is 0.136 e. The van der Waals surface area contributed by atoms with Gasteiger partial charge in [-0.2, -0.15) is 0 Å². The summed E-state index contributed by atoms with van der Waals surface area (Å²) in [6, 6.07) is 0. The molecule has 0 aromatic carbocycles. The molecule has 0 unspecified atom stereocenters. The second-order valence-electron chi connectivity index (χ2n) is 4.01. The summed E-state index contributed by atoms with van der Waals surface area (Å²) < 4.78 is 0. The summed E-state index contributed by atoms with van der Waals surface area (Å²) in [5.41, 5.74) is 0. The first-order valence-electron chi connectivity index (χ1n) is 4.90. The van der Waals surface area contributed by atoms with Crippen LogP contribution in [0.2, 0.25) is 0 Å². The zero-order chi connectivity index (χ0) is 7.68. The maximum absolute atomic E-state index is 11.5. The number of carbonyl (C=O) groups is 1. The van der Waals surface area contributed by atoms with Crippen molar-refractivity contribution in [3.63, 3.8) is 0 Å². The van der Waals surface area contributed by atoms with Crippen LogP contribution in [0.15, 0.2) is 0 Å². The van der Waals surface area contributed by atoms with E-state index in [-0.39, 0.29) is 0 Å². The minimum absolute atomic E-state index is 0.484. The number of hydrogen-bond acceptors (Lipinski definition) is 1. The second-order valence-corrected chi connectivity index (χ2v) is 4.01. The van der Waals surface area contributed by atoms with Crippen molar-refractivity contribution in [2.45, 2.75) is 44.9 Å². The minimum atomic E-state index is 0.484. The molecule has 1 heteroatoms. The van der Waals surface area contributed by atoms with Crippen molar-refractivity contribution in [1.82, 2.24) is 0 Å². The summed E-state index contributed by atoms with van der Waals surface area (Å²) >= 11 is 0. The molecule has 2 aliphatic rings. The largest absolute Gasteiger partial charge is 0.299 e. The molecule has 11 heavy (non-hydrogen) atoms. The zero-order valence-corrected chi connectivity index (χ0v) is 7.01. The van der Waals surface area contributed by atoms with Crippen LogP contribution < -0.4 is 0 Å². The van der Waals surface area contributed by atoms with Crippen molar-refractivity contribution in [2.75, 3.05) is 0 Å². The molecule has 2 rings (SSSR count). The zero-order valence-electron chi connectivity index (χ0n) is 7.01. The molecule has 0 aliphatic heterocycles. The highest BCUT2D eigenvalue weighted by molar-refractivity contribution is 5.81. The molecule has 0 spiro atoms. The predicted molar refractivity (Wildman–Crippen MR) is 44.3 cm³/mol. The number of ketones is 1. The van der Waals surface area contributed by atoms with E-state index in [1.165, 1.54) is 32.1 Å². The summed E-state index contributed by atoms with van der Waals surface area (Å²) in [5, 5.41) is 0. The first-order valence-corrected chi connectivity index (χ1v) is 4.90. The summed E-state index contributed by atoms with van der Waals surface area (Å²) in [6.45, 7) is 0. The Balaban J connectivity index is 2.09. The van der Waals surface area contributed by atoms with Gasteiger partial charge in [0.15, 0.2) is 0 Å². The van der Waals surface area contributed by atoms with Gasteiger partial charge in [0.2, 0.25) is 0 Å². The van der Waals surface area contributed by atoms with Gasteiger partial charge in [-0.1, -0.05) is 12.8 Å². The van der Waals surface area contributed by atoms with Gasteiger partial charge in [0.05, 0.1) is 0 Å². The quantitative estimate of drug-likeness (QED) is 0.521. The molecule has 2 atom stereocenters. The molecule has 62 valence electrons. The van der Waals surface area contributed by atoms with Gasteiger partial charge in [-0.15, -0.1) is 0 Å². The Morgan fingerprint density at radius 3 is 2.73 bits per heavy atom. The Morgan fingerprint density at radius 1 is 1.00 bits per heavy atom. The lowest BCUT2D eigenvalue weighted by Gasteiger charge is -2.13. The van der Waals surface area contributed by atoms with Gasteiger partial charge in [0.1, 0.15) is 5.78 Å². The second kappa shape index (κ2) is 2.96. The normalized spacial score (nSPS) is 38.4. The monoisotopic (exact) mass is 152 g/mol. The highest BCUT2D eigenvalue weighted by Crippen LogP contribution is 2.38. The van der Waals surface area contributed by atoms with Crippen LogP contribution in [0.5, 0.6) is 0 Å². The molecule has 0 aromatic rings. The average Bonchev–Trinajstić information content (AvgIpc) is 2.40. The Hall–Kier alpha value is -0.330. The fourth-order valence-corrected chi connectivity index (χ4v) is 2.70. The van der Waals surface area contributed by atoms with E-state index in [0.29, 0.717) is 11.7 Å². The lowest BCUT2D eigenvalue weighted by atomic mass is 9.91. The van der Waals surface area contributed by atoms with Crippen LogP contribution in [0.1, 0.15) is 44.9 Å². The Labute approximate surface area is 68.2 Å². The van der Waals surface area contributed by atoms with Gasteiger partial charge in [-0.05, 0) is 31.6 Å². The molecule has 2 saturated carbocycles. The summed E-state index contributed by atoms with van der Waals surface area (Å²) in [5.74, 6) is 1.84. The third-order valence-corrected chi connectivity index (χ3v) is 3.32. The van der Waals surface area contributed by atoms with Crippen LogP contribution in [0, 0.1) is 11.8 Å². The molecule has 0 saturated heterocycles. The first kappa shape index (κ1) is 7.33. The number of Topliss-reactive ketones (excluding diaryl/α,β-unsaturated/α-hetero) is 1. The van der Waals surface area contributed by atoms with Gasteiger partial charge in [0.25, 0.3) is 0 Å². The van der Waals surface area contributed by atoms with Crippen molar-refractivity contribution < 1.29 is 4.79 Å². The van der Waals surface area contributed by atoms with Crippen molar-refractivity contribution in [3.8, 4) is 0 Å². The lowest BCUT2D eigenvalue weighted by Crippen LogP contribution is -2.15. The SMILES string of the molecule is O=C1CCCC[C@H]2CCC[C@@H]12. The van der Waals surface area contributed by atoms with Gasteiger partial charge < -0.3 is 0 Å². The lowest BCUT2D eigenvalue weighted by molar-refractivity contribution is -0.123. The molecular formula is C10H16O. The van der Waals surface area contributed by atoms with Gasteiger partial charge in [-0.25, -0.2) is 0 Å². The van der Waals surface area contributed by atoms with Crippen molar-refractivity contribution >= 4 is 5.78 Å². The minimum Gasteiger partial charge on any atom is -0.299 e. The highest BCUT2D eigenvalue weighted by Gasteiger charge is 2.33. The molecule has 0 radical (unpaired) electrons. The first-order chi connectivity index (χ1) is 5.38. The Bertz CT molecular complexity index is 162. The van der Waals surface area contributed by atoms with E-state index in [2.05, 4.69) is 0 Å². The number of hydrogen-bond donors (Lipinski definition) is 0.